The number of alkyl halides is 3. The van der Waals surface area contributed by atoms with Crippen LogP contribution in [0.4, 0.5) is 18.9 Å². The summed E-state index contributed by atoms with van der Waals surface area (Å²) in [4.78, 5) is 3.78. The molecule has 31 heavy (non-hydrogen) atoms. The van der Waals surface area contributed by atoms with Crippen molar-refractivity contribution in [3.05, 3.63) is 58.6 Å². The first kappa shape index (κ1) is 23.7. The second kappa shape index (κ2) is 9.25. The van der Waals surface area contributed by atoms with E-state index in [1.54, 1.807) is 6.07 Å². The fraction of sp³-hybridized carbons (Fsp3) is 0.350. The van der Waals surface area contributed by atoms with Crippen LogP contribution in [0, 0.1) is 0 Å². The lowest BCUT2D eigenvalue weighted by molar-refractivity contribution is -0.0580. The van der Waals surface area contributed by atoms with Crippen LogP contribution in [0.25, 0.3) is 0 Å². The first-order valence-corrected chi connectivity index (χ1v) is 11.1. The van der Waals surface area contributed by atoms with E-state index in [1.807, 2.05) is 0 Å². The van der Waals surface area contributed by atoms with Gasteiger partial charge in [-0.25, -0.2) is 17.7 Å². The molecule has 0 bridgehead atoms. The van der Waals surface area contributed by atoms with Gasteiger partial charge in [0, 0.05) is 43.3 Å². The fourth-order valence-corrected chi connectivity index (χ4v) is 4.29. The topological polar surface area (TPSA) is 71.0 Å². The van der Waals surface area contributed by atoms with E-state index < -0.39 is 28.0 Å². The maximum atomic E-state index is 13.9. The van der Waals surface area contributed by atoms with Gasteiger partial charge in [0.05, 0.1) is 23.3 Å². The van der Waals surface area contributed by atoms with Crippen molar-refractivity contribution in [2.75, 3.05) is 33.8 Å². The Hall–Kier alpha value is -1.98. The number of ether oxygens (including phenoxy) is 1. The van der Waals surface area contributed by atoms with Gasteiger partial charge in [-0.3, -0.25) is 0 Å². The number of sulfonamides is 1. The van der Waals surface area contributed by atoms with E-state index in [2.05, 4.69) is 10.3 Å². The smallest absolute Gasteiger partial charge is 0.371 e. The van der Waals surface area contributed by atoms with Gasteiger partial charge in [-0.1, -0.05) is 29.8 Å². The Labute approximate surface area is 183 Å². The maximum Gasteiger partial charge on any atom is 0.433 e. The molecule has 1 unspecified atom stereocenters. The number of halogens is 4. The number of rotatable bonds is 5. The number of aliphatic imine (C=N–C) groups is 1. The summed E-state index contributed by atoms with van der Waals surface area (Å²) in [5.74, 6) is 0. The highest BCUT2D eigenvalue weighted by Crippen LogP contribution is 2.37. The third-order valence-corrected chi connectivity index (χ3v) is 6.85. The molecule has 0 amide bonds. The Morgan fingerprint density at radius 2 is 1.87 bits per heavy atom. The van der Waals surface area contributed by atoms with Gasteiger partial charge in [-0.15, -0.1) is 0 Å². The monoisotopic (exact) mass is 475 g/mol. The van der Waals surface area contributed by atoms with Crippen molar-refractivity contribution in [1.82, 2.24) is 9.62 Å². The van der Waals surface area contributed by atoms with Gasteiger partial charge in [0.25, 0.3) is 0 Å². The Morgan fingerprint density at radius 3 is 2.42 bits per heavy atom. The average molecular weight is 476 g/mol. The standard InChI is InChI=1S/C20H21ClF3N3O3S/c1-27(2)31(28,29)14-8-6-13(7-9-14)19(20(22,23)24)26-16-5-3-4-15(21)18(16)17-12-25-10-11-30-17/h3-9,17,25H,10-12H2,1-2H3. The highest BCUT2D eigenvalue weighted by molar-refractivity contribution is 7.89. The zero-order valence-electron chi connectivity index (χ0n) is 16.8. The minimum atomic E-state index is -4.78. The molecule has 0 spiro atoms. The summed E-state index contributed by atoms with van der Waals surface area (Å²) < 4.78 is 72.7. The zero-order chi connectivity index (χ0) is 22.8. The second-order valence-electron chi connectivity index (χ2n) is 7.01. The highest BCUT2D eigenvalue weighted by atomic mass is 35.5. The number of hydrogen-bond acceptors (Lipinski definition) is 5. The molecule has 1 N–H and O–H groups in total. The van der Waals surface area contributed by atoms with Gasteiger partial charge in [0.15, 0.2) is 5.71 Å². The molecule has 0 aliphatic carbocycles. The van der Waals surface area contributed by atoms with Crippen molar-refractivity contribution in [3.63, 3.8) is 0 Å². The zero-order valence-corrected chi connectivity index (χ0v) is 18.4. The Bertz CT molecular complexity index is 1070. The SMILES string of the molecule is CN(C)S(=O)(=O)c1ccc(C(=Nc2cccc(Cl)c2C2CNCCO2)C(F)(F)F)cc1. The normalized spacial score (nSPS) is 18.4. The van der Waals surface area contributed by atoms with Crippen molar-refractivity contribution in [3.8, 4) is 0 Å². The van der Waals surface area contributed by atoms with Crippen LogP contribution < -0.4 is 5.32 Å². The molecule has 11 heteroatoms. The Balaban J connectivity index is 2.08. The van der Waals surface area contributed by atoms with Crippen molar-refractivity contribution in [1.29, 1.82) is 0 Å². The van der Waals surface area contributed by atoms with Crippen LogP contribution in [0.2, 0.25) is 5.02 Å². The molecular formula is C20H21ClF3N3O3S. The molecule has 3 rings (SSSR count). The van der Waals surface area contributed by atoms with Gasteiger partial charge >= 0.3 is 6.18 Å². The molecule has 168 valence electrons. The molecule has 2 aromatic rings. The predicted molar refractivity (Wildman–Crippen MR) is 113 cm³/mol. The van der Waals surface area contributed by atoms with Gasteiger partial charge in [-0.2, -0.15) is 13.2 Å². The summed E-state index contributed by atoms with van der Waals surface area (Å²) in [7, 11) is -1.09. The van der Waals surface area contributed by atoms with Crippen LogP contribution in [0.3, 0.4) is 0 Å². The molecule has 0 radical (unpaired) electrons. The molecule has 1 fully saturated rings. The third kappa shape index (κ3) is 5.27. The lowest BCUT2D eigenvalue weighted by Gasteiger charge is -2.26. The summed E-state index contributed by atoms with van der Waals surface area (Å²) in [6.07, 6.45) is -5.32. The largest absolute Gasteiger partial charge is 0.433 e. The number of hydrogen-bond donors (Lipinski definition) is 1. The van der Waals surface area contributed by atoms with E-state index in [0.717, 1.165) is 28.6 Å². The van der Waals surface area contributed by atoms with Crippen LogP contribution >= 0.6 is 11.6 Å². The van der Waals surface area contributed by atoms with Crippen molar-refractivity contribution in [2.24, 2.45) is 4.99 Å². The molecule has 6 nitrogen and oxygen atoms in total. The number of nitrogens with one attached hydrogen (secondary N) is 1. The summed E-state index contributed by atoms with van der Waals surface area (Å²) >= 11 is 6.28. The van der Waals surface area contributed by atoms with Crippen molar-refractivity contribution >= 4 is 33.0 Å². The molecule has 1 aliphatic rings. The minimum absolute atomic E-state index is 0.0403. The number of benzene rings is 2. The second-order valence-corrected chi connectivity index (χ2v) is 9.57. The summed E-state index contributed by atoms with van der Waals surface area (Å²) in [6.45, 7) is 1.42. The first-order chi connectivity index (χ1) is 14.5. The molecule has 0 aromatic heterocycles. The predicted octanol–water partition coefficient (Wildman–Crippen LogP) is 3.93. The van der Waals surface area contributed by atoms with Crippen LogP contribution in [0.1, 0.15) is 17.2 Å². The summed E-state index contributed by atoms with van der Waals surface area (Å²) in [5.41, 5.74) is -1.02. The van der Waals surface area contributed by atoms with Gasteiger partial charge in [0.1, 0.15) is 0 Å². The van der Waals surface area contributed by atoms with Gasteiger partial charge in [-0.05, 0) is 24.3 Å². The fourth-order valence-electron chi connectivity index (χ4n) is 3.10. The maximum absolute atomic E-state index is 13.9. The van der Waals surface area contributed by atoms with Crippen LogP contribution in [-0.4, -0.2) is 58.4 Å². The van der Waals surface area contributed by atoms with Gasteiger partial charge < -0.3 is 10.1 Å². The first-order valence-electron chi connectivity index (χ1n) is 9.31. The van der Waals surface area contributed by atoms with E-state index in [0.29, 0.717) is 25.3 Å². The van der Waals surface area contributed by atoms with Crippen LogP contribution in [0.5, 0.6) is 0 Å². The number of morpholine rings is 1. The van der Waals surface area contributed by atoms with E-state index in [-0.39, 0.29) is 21.2 Å². The average Bonchev–Trinajstić information content (AvgIpc) is 2.72. The number of nitrogens with zero attached hydrogens (tertiary/aromatic N) is 2. The van der Waals surface area contributed by atoms with Crippen LogP contribution in [-0.2, 0) is 14.8 Å². The molecular weight excluding hydrogens is 455 g/mol. The molecule has 1 saturated heterocycles. The molecule has 0 saturated carbocycles. The van der Waals surface area contributed by atoms with E-state index >= 15 is 0 Å². The Morgan fingerprint density at radius 1 is 1.19 bits per heavy atom. The van der Waals surface area contributed by atoms with E-state index in [4.69, 9.17) is 16.3 Å². The quantitative estimate of drug-likeness (QED) is 0.665. The lowest BCUT2D eigenvalue weighted by Crippen LogP contribution is -2.33. The molecule has 2 aromatic carbocycles. The summed E-state index contributed by atoms with van der Waals surface area (Å²) in [5, 5.41) is 3.37. The summed E-state index contributed by atoms with van der Waals surface area (Å²) in [6, 6.07) is 8.95. The molecule has 1 atom stereocenters. The Kier molecular flexibility index (Phi) is 7.07. The molecule has 1 aliphatic heterocycles. The van der Waals surface area contributed by atoms with Crippen molar-refractivity contribution in [2.45, 2.75) is 17.2 Å². The third-order valence-electron chi connectivity index (χ3n) is 4.69. The van der Waals surface area contributed by atoms with Crippen molar-refractivity contribution < 1.29 is 26.3 Å². The lowest BCUT2D eigenvalue weighted by atomic mass is 10.0. The van der Waals surface area contributed by atoms with Gasteiger partial charge in [0.2, 0.25) is 10.0 Å². The van der Waals surface area contributed by atoms with Crippen LogP contribution in [0.15, 0.2) is 52.4 Å². The minimum Gasteiger partial charge on any atom is -0.371 e. The van der Waals surface area contributed by atoms with E-state index in [9.17, 15) is 21.6 Å². The highest BCUT2D eigenvalue weighted by Gasteiger charge is 2.37. The molecule has 1 heterocycles. The van der Waals surface area contributed by atoms with E-state index in [1.165, 1.54) is 26.2 Å².